The number of morpholine rings is 1. The molecule has 7 heteroatoms. The smallest absolute Gasteiger partial charge is 0.262 e. The summed E-state index contributed by atoms with van der Waals surface area (Å²) in [6, 6.07) is 6.06. The minimum Gasteiger partial charge on any atom is -0.373 e. The summed E-state index contributed by atoms with van der Waals surface area (Å²) in [7, 11) is 0. The molecule has 2 saturated heterocycles. The second-order valence-corrected chi connectivity index (χ2v) is 9.96. The Kier molecular flexibility index (Phi) is 6.67. The van der Waals surface area contributed by atoms with Crippen molar-refractivity contribution in [1.29, 1.82) is 0 Å². The van der Waals surface area contributed by atoms with Gasteiger partial charge in [0, 0.05) is 32.7 Å². The fourth-order valence-electron chi connectivity index (χ4n) is 5.48. The van der Waals surface area contributed by atoms with E-state index < -0.39 is 6.04 Å². The zero-order valence-corrected chi connectivity index (χ0v) is 19.6. The zero-order valence-electron chi connectivity index (χ0n) is 19.6. The summed E-state index contributed by atoms with van der Waals surface area (Å²) in [5, 5.41) is 0. The highest BCUT2D eigenvalue weighted by Crippen LogP contribution is 2.29. The van der Waals surface area contributed by atoms with Crippen LogP contribution in [0, 0.1) is 11.8 Å². The number of carbonyl (C=O) groups is 3. The topological polar surface area (TPSA) is 70.2 Å². The van der Waals surface area contributed by atoms with Gasteiger partial charge in [-0.1, -0.05) is 26.0 Å². The number of amides is 3. The van der Waals surface area contributed by atoms with Crippen LogP contribution < -0.4 is 0 Å². The number of ether oxygens (including phenoxy) is 1. The van der Waals surface area contributed by atoms with Crippen LogP contribution in [-0.2, 0) is 9.53 Å². The Morgan fingerprint density at radius 2 is 1.53 bits per heavy atom. The average molecular weight is 442 g/mol. The van der Waals surface area contributed by atoms with Gasteiger partial charge in [0.05, 0.1) is 23.3 Å². The molecular formula is C25H35N3O4. The van der Waals surface area contributed by atoms with Gasteiger partial charge >= 0.3 is 0 Å². The average Bonchev–Trinajstić information content (AvgIpc) is 2.99. The van der Waals surface area contributed by atoms with E-state index in [4.69, 9.17) is 4.74 Å². The minimum absolute atomic E-state index is 0.110. The molecule has 3 aliphatic rings. The van der Waals surface area contributed by atoms with E-state index >= 15 is 0 Å². The van der Waals surface area contributed by atoms with Crippen molar-refractivity contribution in [3.05, 3.63) is 35.4 Å². The molecule has 3 heterocycles. The van der Waals surface area contributed by atoms with Crippen LogP contribution in [0.2, 0.25) is 0 Å². The van der Waals surface area contributed by atoms with Crippen molar-refractivity contribution < 1.29 is 19.1 Å². The number of hydrogen-bond acceptors (Lipinski definition) is 5. The van der Waals surface area contributed by atoms with Gasteiger partial charge in [0.25, 0.3) is 11.8 Å². The minimum atomic E-state index is -0.764. The Labute approximate surface area is 190 Å². The third-order valence-electron chi connectivity index (χ3n) is 6.93. The maximum Gasteiger partial charge on any atom is 0.262 e. The molecule has 32 heavy (non-hydrogen) atoms. The van der Waals surface area contributed by atoms with Crippen LogP contribution in [0.3, 0.4) is 0 Å². The van der Waals surface area contributed by atoms with Gasteiger partial charge in [-0.2, -0.15) is 0 Å². The molecule has 0 spiro atoms. The van der Waals surface area contributed by atoms with Gasteiger partial charge in [-0.3, -0.25) is 24.2 Å². The molecule has 3 amide bonds. The first-order chi connectivity index (χ1) is 15.3. The second kappa shape index (κ2) is 9.32. The van der Waals surface area contributed by atoms with Crippen molar-refractivity contribution in [3.8, 4) is 0 Å². The third kappa shape index (κ3) is 4.46. The van der Waals surface area contributed by atoms with Crippen LogP contribution in [-0.4, -0.2) is 83.4 Å². The van der Waals surface area contributed by atoms with Gasteiger partial charge < -0.3 is 9.64 Å². The number of fused-ring (bicyclic) bond motifs is 1. The van der Waals surface area contributed by atoms with Gasteiger partial charge in [-0.15, -0.1) is 0 Å². The van der Waals surface area contributed by atoms with E-state index in [0.29, 0.717) is 30.1 Å². The maximum atomic E-state index is 13.5. The first kappa shape index (κ1) is 22.9. The molecule has 0 aromatic heterocycles. The lowest BCUT2D eigenvalue weighted by Crippen LogP contribution is -2.55. The van der Waals surface area contributed by atoms with Crippen LogP contribution in [0.25, 0.3) is 0 Å². The number of carbonyl (C=O) groups excluding carboxylic acids is 3. The largest absolute Gasteiger partial charge is 0.373 e. The number of likely N-dealkylation sites (tertiary alicyclic amines) is 1. The van der Waals surface area contributed by atoms with Crippen molar-refractivity contribution in [3.63, 3.8) is 0 Å². The van der Waals surface area contributed by atoms with E-state index in [1.165, 1.54) is 4.90 Å². The Morgan fingerprint density at radius 3 is 2.03 bits per heavy atom. The van der Waals surface area contributed by atoms with Gasteiger partial charge in [-0.25, -0.2) is 0 Å². The summed E-state index contributed by atoms with van der Waals surface area (Å²) in [6.07, 6.45) is 2.40. The molecule has 3 atom stereocenters. The molecule has 0 aliphatic carbocycles. The molecule has 3 aliphatic heterocycles. The standard InChI is InChI=1S/C25H35N3O4/c1-16(2)22(28-23(29)20-7-5-6-8-21(20)24(28)30)25(31)27-11-9-19(10-12-27)15-26-13-17(3)32-18(4)14-26/h5-8,16-19,22H,9-15H2,1-4H3. The van der Waals surface area contributed by atoms with Crippen LogP contribution >= 0.6 is 0 Å². The zero-order chi connectivity index (χ0) is 23.0. The Bertz CT molecular complexity index is 833. The molecule has 174 valence electrons. The highest BCUT2D eigenvalue weighted by molar-refractivity contribution is 6.22. The lowest BCUT2D eigenvalue weighted by atomic mass is 9.93. The number of rotatable bonds is 5. The quantitative estimate of drug-likeness (QED) is 0.657. The summed E-state index contributed by atoms with van der Waals surface area (Å²) in [5.41, 5.74) is 0.784. The summed E-state index contributed by atoms with van der Waals surface area (Å²) >= 11 is 0. The summed E-state index contributed by atoms with van der Waals surface area (Å²) < 4.78 is 5.84. The van der Waals surface area contributed by atoms with Crippen molar-refractivity contribution in [2.75, 3.05) is 32.7 Å². The van der Waals surface area contributed by atoms with Crippen LogP contribution in [0.5, 0.6) is 0 Å². The molecule has 2 fully saturated rings. The number of nitrogens with zero attached hydrogens (tertiary/aromatic N) is 3. The number of benzene rings is 1. The van der Waals surface area contributed by atoms with Crippen molar-refractivity contribution in [1.82, 2.24) is 14.7 Å². The lowest BCUT2D eigenvalue weighted by molar-refractivity contribution is -0.138. The van der Waals surface area contributed by atoms with E-state index in [9.17, 15) is 14.4 Å². The van der Waals surface area contributed by atoms with Crippen LogP contribution in [0.1, 0.15) is 61.3 Å². The van der Waals surface area contributed by atoms with E-state index in [0.717, 1.165) is 32.5 Å². The van der Waals surface area contributed by atoms with E-state index in [-0.39, 0.29) is 35.8 Å². The highest BCUT2D eigenvalue weighted by Gasteiger charge is 2.45. The predicted molar refractivity (Wildman–Crippen MR) is 121 cm³/mol. The molecule has 0 N–H and O–H groups in total. The monoisotopic (exact) mass is 441 g/mol. The van der Waals surface area contributed by atoms with E-state index in [2.05, 4.69) is 18.7 Å². The van der Waals surface area contributed by atoms with Gasteiger partial charge in [0.15, 0.2) is 0 Å². The fourth-order valence-corrected chi connectivity index (χ4v) is 5.48. The van der Waals surface area contributed by atoms with Gasteiger partial charge in [0.2, 0.25) is 5.91 Å². The number of piperidine rings is 1. The number of imide groups is 1. The molecule has 1 aromatic rings. The van der Waals surface area contributed by atoms with Crippen LogP contribution in [0.4, 0.5) is 0 Å². The van der Waals surface area contributed by atoms with Gasteiger partial charge in [0.1, 0.15) is 6.04 Å². The molecule has 3 unspecified atom stereocenters. The molecule has 0 bridgehead atoms. The summed E-state index contributed by atoms with van der Waals surface area (Å²) in [6.45, 7) is 12.3. The maximum absolute atomic E-state index is 13.5. The Balaban J connectivity index is 1.39. The Hall–Kier alpha value is -2.25. The van der Waals surface area contributed by atoms with E-state index in [1.54, 1.807) is 24.3 Å². The van der Waals surface area contributed by atoms with Crippen molar-refractivity contribution in [2.45, 2.75) is 58.8 Å². The Morgan fingerprint density at radius 1 is 1.00 bits per heavy atom. The first-order valence-corrected chi connectivity index (χ1v) is 11.9. The second-order valence-electron chi connectivity index (χ2n) is 9.96. The normalized spacial score (nSPS) is 26.0. The molecule has 4 rings (SSSR count). The first-order valence-electron chi connectivity index (χ1n) is 11.9. The molecule has 7 nitrogen and oxygen atoms in total. The van der Waals surface area contributed by atoms with Crippen molar-refractivity contribution in [2.24, 2.45) is 11.8 Å². The van der Waals surface area contributed by atoms with Crippen molar-refractivity contribution >= 4 is 17.7 Å². The molecular weight excluding hydrogens is 406 g/mol. The van der Waals surface area contributed by atoms with Gasteiger partial charge in [-0.05, 0) is 50.7 Å². The fraction of sp³-hybridized carbons (Fsp3) is 0.640. The number of hydrogen-bond donors (Lipinski definition) is 0. The molecule has 1 aromatic carbocycles. The molecule has 0 radical (unpaired) electrons. The molecule has 0 saturated carbocycles. The van der Waals surface area contributed by atoms with E-state index in [1.807, 2.05) is 18.7 Å². The predicted octanol–water partition coefficient (Wildman–Crippen LogP) is 2.66. The highest BCUT2D eigenvalue weighted by atomic mass is 16.5. The summed E-state index contributed by atoms with van der Waals surface area (Å²) in [5.74, 6) is -0.431. The third-order valence-corrected chi connectivity index (χ3v) is 6.93. The lowest BCUT2D eigenvalue weighted by Gasteiger charge is -2.41. The van der Waals surface area contributed by atoms with Crippen LogP contribution in [0.15, 0.2) is 24.3 Å². The summed E-state index contributed by atoms with van der Waals surface area (Å²) in [4.78, 5) is 45.0. The SMILES string of the molecule is CC1CN(CC2CCN(C(=O)C(C(C)C)N3C(=O)c4ccccc4C3=O)CC2)CC(C)O1.